The zero-order valence-electron chi connectivity index (χ0n) is 18.0. The summed E-state index contributed by atoms with van der Waals surface area (Å²) in [4.78, 5) is 26.9. The van der Waals surface area contributed by atoms with Crippen LogP contribution in [0.2, 0.25) is 0 Å². The van der Waals surface area contributed by atoms with Crippen molar-refractivity contribution in [2.45, 2.75) is 32.9 Å². The van der Waals surface area contributed by atoms with Gasteiger partial charge in [0.2, 0.25) is 11.8 Å². The Labute approximate surface area is 186 Å². The highest BCUT2D eigenvalue weighted by atomic mass is 19.1. The van der Waals surface area contributed by atoms with Crippen molar-refractivity contribution >= 4 is 17.9 Å². The van der Waals surface area contributed by atoms with Crippen LogP contribution in [0.4, 0.5) is 21.0 Å². The van der Waals surface area contributed by atoms with Crippen LogP contribution in [-0.2, 0) is 4.74 Å². The van der Waals surface area contributed by atoms with Crippen LogP contribution in [-0.4, -0.2) is 33.7 Å². The number of carbonyl (C=O) groups is 1. The highest BCUT2D eigenvalue weighted by Crippen LogP contribution is 2.27. The van der Waals surface area contributed by atoms with Gasteiger partial charge in [-0.3, -0.25) is 4.90 Å². The topological polar surface area (TPSA) is 89.5 Å². The summed E-state index contributed by atoms with van der Waals surface area (Å²) in [6, 6.07) is 10.8. The summed E-state index contributed by atoms with van der Waals surface area (Å²) in [5.74, 6) is 1.70. The molecular formula is C23H26FN5O3. The number of amides is 1. The highest BCUT2D eigenvalue weighted by Gasteiger charge is 2.37. The molecule has 0 bridgehead atoms. The number of pyridine rings is 1. The lowest BCUT2D eigenvalue weighted by Crippen LogP contribution is -2.37. The average molecular weight is 439 g/mol. The van der Waals surface area contributed by atoms with Crippen molar-refractivity contribution in [1.29, 1.82) is 0 Å². The minimum atomic E-state index is -0.401. The Morgan fingerprint density at radius 2 is 1.94 bits per heavy atom. The molecule has 0 unspecified atom stereocenters. The molecule has 1 aliphatic rings. The van der Waals surface area contributed by atoms with Crippen molar-refractivity contribution in [3.63, 3.8) is 0 Å². The van der Waals surface area contributed by atoms with E-state index in [9.17, 15) is 9.18 Å². The normalized spacial score (nSPS) is 16.7. The molecule has 2 atom stereocenters. The van der Waals surface area contributed by atoms with E-state index in [1.54, 1.807) is 41.6 Å². The molecular weight excluding hydrogens is 413 g/mol. The SMILES string of the molecule is CC(C)[C@H]1COC(=O)N1c1ccnc(N[C@@H](C)c2ccc(Oc3ccc(F)cc3)nc2)n1.[HH]. The second-order valence-corrected chi connectivity index (χ2v) is 7.85. The second kappa shape index (κ2) is 9.17. The molecule has 3 heterocycles. The first kappa shape index (κ1) is 21.5. The van der Waals surface area contributed by atoms with Crippen LogP contribution in [0.25, 0.3) is 0 Å². The summed E-state index contributed by atoms with van der Waals surface area (Å²) in [5, 5.41) is 3.23. The zero-order chi connectivity index (χ0) is 22.7. The van der Waals surface area contributed by atoms with Gasteiger partial charge in [0, 0.05) is 19.9 Å². The molecule has 1 saturated heterocycles. The van der Waals surface area contributed by atoms with Crippen LogP contribution in [0.15, 0.2) is 54.9 Å². The second-order valence-electron chi connectivity index (χ2n) is 7.85. The average Bonchev–Trinajstić information content (AvgIpc) is 3.18. The third kappa shape index (κ3) is 4.77. The fraction of sp³-hybridized carbons (Fsp3) is 0.304. The quantitative estimate of drug-likeness (QED) is 0.541. The van der Waals surface area contributed by atoms with Gasteiger partial charge in [-0.15, -0.1) is 0 Å². The number of hydrogen-bond donors (Lipinski definition) is 1. The van der Waals surface area contributed by atoms with E-state index in [1.165, 1.54) is 12.1 Å². The largest absolute Gasteiger partial charge is 0.447 e. The van der Waals surface area contributed by atoms with Crippen LogP contribution in [0, 0.1) is 11.7 Å². The smallest absolute Gasteiger partial charge is 0.415 e. The minimum Gasteiger partial charge on any atom is -0.447 e. The van der Waals surface area contributed by atoms with Crippen LogP contribution in [0.3, 0.4) is 0 Å². The summed E-state index contributed by atoms with van der Waals surface area (Å²) in [7, 11) is 0. The summed E-state index contributed by atoms with van der Waals surface area (Å²) in [5.41, 5.74) is 0.895. The molecule has 1 aliphatic heterocycles. The van der Waals surface area contributed by atoms with E-state index >= 15 is 0 Å². The van der Waals surface area contributed by atoms with E-state index in [0.29, 0.717) is 30.0 Å². The fourth-order valence-corrected chi connectivity index (χ4v) is 3.35. The lowest BCUT2D eigenvalue weighted by atomic mass is 10.0. The van der Waals surface area contributed by atoms with Gasteiger partial charge < -0.3 is 14.8 Å². The Balaban J connectivity index is 0.00000306. The Morgan fingerprint density at radius 3 is 2.62 bits per heavy atom. The molecule has 1 aromatic carbocycles. The summed E-state index contributed by atoms with van der Waals surface area (Å²) in [6.45, 7) is 6.38. The van der Waals surface area contributed by atoms with Crippen molar-refractivity contribution < 1.29 is 20.1 Å². The van der Waals surface area contributed by atoms with Crippen LogP contribution < -0.4 is 15.0 Å². The Kier molecular flexibility index (Phi) is 6.16. The number of anilines is 2. The number of cyclic esters (lactones) is 1. The van der Waals surface area contributed by atoms with Crippen LogP contribution in [0.1, 0.15) is 33.8 Å². The van der Waals surface area contributed by atoms with Gasteiger partial charge in [0.25, 0.3) is 0 Å². The first-order valence-corrected chi connectivity index (χ1v) is 10.4. The van der Waals surface area contributed by atoms with Gasteiger partial charge >= 0.3 is 6.09 Å². The molecule has 9 heteroatoms. The van der Waals surface area contributed by atoms with Gasteiger partial charge in [-0.1, -0.05) is 19.9 Å². The molecule has 3 aromatic rings. The van der Waals surface area contributed by atoms with Crippen molar-refractivity contribution in [3.05, 3.63) is 66.2 Å². The number of hydrogen-bond acceptors (Lipinski definition) is 7. The molecule has 1 N–H and O–H groups in total. The minimum absolute atomic E-state index is 0. The predicted molar refractivity (Wildman–Crippen MR) is 119 cm³/mol. The number of carbonyl (C=O) groups excluding carboxylic acids is 1. The first-order valence-electron chi connectivity index (χ1n) is 10.4. The van der Waals surface area contributed by atoms with Gasteiger partial charge in [0.05, 0.1) is 12.1 Å². The van der Waals surface area contributed by atoms with Gasteiger partial charge in [0.15, 0.2) is 0 Å². The summed E-state index contributed by atoms with van der Waals surface area (Å²) < 4.78 is 23.9. The molecule has 2 aromatic heterocycles. The highest BCUT2D eigenvalue weighted by molar-refractivity contribution is 5.89. The van der Waals surface area contributed by atoms with Crippen LogP contribution in [0.5, 0.6) is 11.6 Å². The van der Waals surface area contributed by atoms with E-state index in [-0.39, 0.29) is 25.2 Å². The summed E-state index contributed by atoms with van der Waals surface area (Å²) in [6.07, 6.45) is 2.90. The van der Waals surface area contributed by atoms with Gasteiger partial charge in [-0.2, -0.15) is 4.98 Å². The predicted octanol–water partition coefficient (Wildman–Crippen LogP) is 5.20. The Hall–Kier alpha value is -3.75. The van der Waals surface area contributed by atoms with Crippen LogP contribution >= 0.6 is 0 Å². The molecule has 32 heavy (non-hydrogen) atoms. The number of rotatable bonds is 7. The number of nitrogens with zero attached hydrogens (tertiary/aromatic N) is 4. The molecule has 0 saturated carbocycles. The van der Waals surface area contributed by atoms with Crippen molar-refractivity contribution in [2.24, 2.45) is 5.92 Å². The fourth-order valence-electron chi connectivity index (χ4n) is 3.35. The molecule has 1 fully saturated rings. The molecule has 4 rings (SSSR count). The number of halogens is 1. The first-order chi connectivity index (χ1) is 15.4. The van der Waals surface area contributed by atoms with Crippen molar-refractivity contribution in [3.8, 4) is 11.6 Å². The molecule has 0 aliphatic carbocycles. The molecule has 0 radical (unpaired) electrons. The Bertz CT molecular complexity index is 1080. The van der Waals surface area contributed by atoms with Gasteiger partial charge in [-0.05, 0) is 48.7 Å². The number of benzene rings is 1. The maximum Gasteiger partial charge on any atom is 0.415 e. The van der Waals surface area contributed by atoms with E-state index < -0.39 is 6.09 Å². The monoisotopic (exact) mass is 439 g/mol. The van der Waals surface area contributed by atoms with E-state index in [1.807, 2.05) is 26.8 Å². The third-order valence-electron chi connectivity index (χ3n) is 5.20. The summed E-state index contributed by atoms with van der Waals surface area (Å²) >= 11 is 0. The number of aromatic nitrogens is 3. The lowest BCUT2D eigenvalue weighted by molar-refractivity contribution is 0.177. The standard InChI is InChI=1S/C23H24FN5O3.H2/c1-14(2)19-13-31-23(30)29(19)20-10-11-25-22(28-20)27-15(3)16-4-9-21(26-12-16)32-18-7-5-17(24)6-8-18;/h4-12,14-15,19H,13H2,1-3H3,(H,25,27,28);1H/t15-,19+;/m0./s1. The van der Waals surface area contributed by atoms with E-state index in [4.69, 9.17) is 9.47 Å². The van der Waals surface area contributed by atoms with E-state index in [0.717, 1.165) is 5.56 Å². The third-order valence-corrected chi connectivity index (χ3v) is 5.20. The molecule has 168 valence electrons. The molecule has 8 nitrogen and oxygen atoms in total. The number of ether oxygens (including phenoxy) is 2. The zero-order valence-corrected chi connectivity index (χ0v) is 18.0. The van der Waals surface area contributed by atoms with E-state index in [2.05, 4.69) is 20.3 Å². The maximum atomic E-state index is 13.0. The van der Waals surface area contributed by atoms with Gasteiger partial charge in [-0.25, -0.2) is 19.2 Å². The Morgan fingerprint density at radius 1 is 1.16 bits per heavy atom. The van der Waals surface area contributed by atoms with Crippen molar-refractivity contribution in [2.75, 3.05) is 16.8 Å². The molecule has 1 amide bonds. The molecule has 0 spiro atoms. The number of nitrogens with one attached hydrogen (secondary N) is 1. The maximum absolute atomic E-state index is 13.0. The van der Waals surface area contributed by atoms with Crippen molar-refractivity contribution in [1.82, 2.24) is 15.0 Å². The van der Waals surface area contributed by atoms with Gasteiger partial charge in [0.1, 0.15) is 24.0 Å². The lowest BCUT2D eigenvalue weighted by Gasteiger charge is -2.23.